The van der Waals surface area contributed by atoms with Crippen molar-refractivity contribution < 1.29 is 33.0 Å². The van der Waals surface area contributed by atoms with E-state index in [2.05, 4.69) is 0 Å². The van der Waals surface area contributed by atoms with E-state index >= 15 is 0 Å². The Hall–Kier alpha value is -2.29. The molecule has 0 bridgehead atoms. The van der Waals surface area contributed by atoms with E-state index in [-0.39, 0.29) is 5.69 Å². The van der Waals surface area contributed by atoms with Gasteiger partial charge < -0.3 is 21.3 Å². The van der Waals surface area contributed by atoms with Crippen molar-refractivity contribution in [1.82, 2.24) is 0 Å². The Kier molecular flexibility index (Phi) is 3.94. The maximum absolute atomic E-state index is 12.5. The lowest BCUT2D eigenvalue weighted by Gasteiger charge is -2.26. The molecule has 0 aromatic heterocycles. The summed E-state index contributed by atoms with van der Waals surface area (Å²) in [6, 6.07) is 2.79. The molecule has 0 heterocycles. The molecule has 0 aliphatic carbocycles. The second-order valence-electron chi connectivity index (χ2n) is 4.19. The number of alkyl halides is 3. The molecule has 1 rings (SSSR count). The summed E-state index contributed by atoms with van der Waals surface area (Å²) in [5.41, 5.74) is 1.13. The average Bonchev–Trinajstić information content (AvgIpc) is 2.26. The first-order valence-electron chi connectivity index (χ1n) is 5.20. The van der Waals surface area contributed by atoms with E-state index in [0.29, 0.717) is 6.92 Å². The summed E-state index contributed by atoms with van der Waals surface area (Å²) >= 11 is 0. The second-order valence-corrected chi connectivity index (χ2v) is 4.19. The number of hydrogen-bond donors (Lipinski definition) is 4. The van der Waals surface area contributed by atoms with Crippen LogP contribution in [-0.2, 0) is 4.79 Å². The molecule has 0 spiro atoms. The SMILES string of the molecule is CC(N)(C(=O)Nc1ccc(C(=O)O)c(O)c1)C(F)(F)F. The summed E-state index contributed by atoms with van der Waals surface area (Å²) < 4.78 is 37.6. The van der Waals surface area contributed by atoms with E-state index in [9.17, 15) is 27.9 Å². The number of carboxylic acids is 1. The van der Waals surface area contributed by atoms with Crippen LogP contribution in [0.25, 0.3) is 0 Å². The van der Waals surface area contributed by atoms with Crippen molar-refractivity contribution >= 4 is 17.6 Å². The molecule has 6 nitrogen and oxygen atoms in total. The van der Waals surface area contributed by atoms with Gasteiger partial charge in [-0.25, -0.2) is 4.79 Å². The molecule has 20 heavy (non-hydrogen) atoms. The van der Waals surface area contributed by atoms with Gasteiger partial charge in [-0.15, -0.1) is 0 Å². The fraction of sp³-hybridized carbons (Fsp3) is 0.273. The number of aromatic carboxylic acids is 1. The predicted octanol–water partition coefficient (Wildman–Crippen LogP) is 1.31. The number of benzene rings is 1. The van der Waals surface area contributed by atoms with Gasteiger partial charge in [-0.2, -0.15) is 13.2 Å². The smallest absolute Gasteiger partial charge is 0.415 e. The Morgan fingerprint density at radius 1 is 1.30 bits per heavy atom. The van der Waals surface area contributed by atoms with Crippen LogP contribution in [0.1, 0.15) is 17.3 Å². The first-order valence-corrected chi connectivity index (χ1v) is 5.20. The van der Waals surface area contributed by atoms with Crippen molar-refractivity contribution in [3.63, 3.8) is 0 Å². The van der Waals surface area contributed by atoms with Gasteiger partial charge in [0.05, 0.1) is 0 Å². The Morgan fingerprint density at radius 2 is 1.85 bits per heavy atom. The molecule has 1 amide bonds. The highest BCUT2D eigenvalue weighted by Crippen LogP contribution is 2.29. The molecule has 1 atom stereocenters. The molecular weight excluding hydrogens is 281 g/mol. The highest BCUT2D eigenvalue weighted by molar-refractivity contribution is 5.99. The van der Waals surface area contributed by atoms with Gasteiger partial charge in [0.15, 0.2) is 5.54 Å². The van der Waals surface area contributed by atoms with Crippen LogP contribution in [0.4, 0.5) is 18.9 Å². The van der Waals surface area contributed by atoms with Gasteiger partial charge in [0.2, 0.25) is 0 Å². The lowest BCUT2D eigenvalue weighted by atomic mass is 10.0. The minimum Gasteiger partial charge on any atom is -0.507 e. The molecule has 0 saturated carbocycles. The molecule has 0 saturated heterocycles. The molecular formula is C11H11F3N2O4. The number of aromatic hydroxyl groups is 1. The zero-order valence-electron chi connectivity index (χ0n) is 10.2. The van der Waals surface area contributed by atoms with Gasteiger partial charge in [-0.05, 0) is 19.1 Å². The lowest BCUT2D eigenvalue weighted by molar-refractivity contribution is -0.184. The molecule has 1 aromatic carbocycles. The summed E-state index contributed by atoms with van der Waals surface area (Å²) in [6.45, 7) is 0.494. The minimum absolute atomic E-state index is 0.210. The van der Waals surface area contributed by atoms with E-state index in [1.807, 2.05) is 5.32 Å². The predicted molar refractivity (Wildman–Crippen MR) is 62.3 cm³/mol. The summed E-state index contributed by atoms with van der Waals surface area (Å²) in [4.78, 5) is 22.1. The molecule has 1 unspecified atom stereocenters. The summed E-state index contributed by atoms with van der Waals surface area (Å²) in [5.74, 6) is -3.65. The summed E-state index contributed by atoms with van der Waals surface area (Å²) in [7, 11) is 0. The van der Waals surface area contributed by atoms with Crippen LogP contribution >= 0.6 is 0 Å². The van der Waals surface area contributed by atoms with E-state index in [1.165, 1.54) is 0 Å². The number of carbonyl (C=O) groups is 2. The van der Waals surface area contributed by atoms with Crippen LogP contribution in [-0.4, -0.2) is 33.8 Å². The zero-order chi connectivity index (χ0) is 15.7. The number of carbonyl (C=O) groups excluding carboxylic acids is 1. The van der Waals surface area contributed by atoms with Gasteiger partial charge >= 0.3 is 12.1 Å². The number of anilines is 1. The van der Waals surface area contributed by atoms with Crippen molar-refractivity contribution in [3.05, 3.63) is 23.8 Å². The van der Waals surface area contributed by atoms with E-state index in [4.69, 9.17) is 10.8 Å². The van der Waals surface area contributed by atoms with Crippen molar-refractivity contribution in [2.75, 3.05) is 5.32 Å². The van der Waals surface area contributed by atoms with Crippen LogP contribution in [0, 0.1) is 0 Å². The average molecular weight is 292 g/mol. The topological polar surface area (TPSA) is 113 Å². The molecule has 0 radical (unpaired) electrons. The van der Waals surface area contributed by atoms with Crippen molar-refractivity contribution in [2.45, 2.75) is 18.6 Å². The second kappa shape index (κ2) is 5.00. The Morgan fingerprint density at radius 3 is 2.25 bits per heavy atom. The highest BCUT2D eigenvalue weighted by Gasteiger charge is 2.53. The van der Waals surface area contributed by atoms with Crippen LogP contribution in [0.5, 0.6) is 5.75 Å². The van der Waals surface area contributed by atoms with Crippen molar-refractivity contribution in [2.24, 2.45) is 5.73 Å². The zero-order valence-corrected chi connectivity index (χ0v) is 10.2. The Balaban J connectivity index is 2.98. The normalized spacial score (nSPS) is 14.4. The van der Waals surface area contributed by atoms with Gasteiger partial charge in [0.25, 0.3) is 5.91 Å². The molecule has 5 N–H and O–H groups in total. The van der Waals surface area contributed by atoms with Gasteiger partial charge in [0, 0.05) is 11.8 Å². The standard InChI is InChI=1S/C11H11F3N2O4/c1-10(15,11(12,13)14)9(20)16-5-2-3-6(8(18)19)7(17)4-5/h2-4,17H,15H2,1H3,(H,16,20)(H,18,19). The summed E-state index contributed by atoms with van der Waals surface area (Å²) in [5, 5.41) is 19.9. The summed E-state index contributed by atoms with van der Waals surface area (Å²) in [6.07, 6.45) is -4.96. The lowest BCUT2D eigenvalue weighted by Crippen LogP contribution is -2.59. The number of nitrogens with two attached hydrogens (primary N) is 1. The van der Waals surface area contributed by atoms with Crippen LogP contribution in [0.15, 0.2) is 18.2 Å². The Bertz CT molecular complexity index is 555. The van der Waals surface area contributed by atoms with Crippen LogP contribution in [0.2, 0.25) is 0 Å². The van der Waals surface area contributed by atoms with Gasteiger partial charge in [0.1, 0.15) is 11.3 Å². The molecule has 0 aliphatic rings. The third kappa shape index (κ3) is 2.99. The highest BCUT2D eigenvalue weighted by atomic mass is 19.4. The minimum atomic E-state index is -4.96. The van der Waals surface area contributed by atoms with E-state index in [1.54, 1.807) is 0 Å². The number of halogens is 3. The first-order chi connectivity index (χ1) is 8.96. The fourth-order valence-electron chi connectivity index (χ4n) is 1.18. The maximum Gasteiger partial charge on any atom is 0.415 e. The van der Waals surface area contributed by atoms with E-state index in [0.717, 1.165) is 18.2 Å². The molecule has 110 valence electrons. The third-order valence-corrected chi connectivity index (χ3v) is 2.55. The fourth-order valence-corrected chi connectivity index (χ4v) is 1.18. The number of phenols is 1. The number of nitrogens with one attached hydrogen (secondary N) is 1. The largest absolute Gasteiger partial charge is 0.507 e. The Labute approximate surface area is 111 Å². The molecule has 9 heteroatoms. The molecule has 0 aliphatic heterocycles. The van der Waals surface area contributed by atoms with Gasteiger partial charge in [-0.1, -0.05) is 0 Å². The van der Waals surface area contributed by atoms with E-state index < -0.39 is 34.9 Å². The maximum atomic E-state index is 12.5. The van der Waals surface area contributed by atoms with Crippen molar-refractivity contribution in [1.29, 1.82) is 0 Å². The first kappa shape index (κ1) is 15.8. The number of rotatable bonds is 3. The van der Waals surface area contributed by atoms with Crippen LogP contribution < -0.4 is 11.1 Å². The molecule has 0 fully saturated rings. The van der Waals surface area contributed by atoms with Crippen molar-refractivity contribution in [3.8, 4) is 5.75 Å². The van der Waals surface area contributed by atoms with Crippen LogP contribution in [0.3, 0.4) is 0 Å². The monoisotopic (exact) mass is 292 g/mol. The quantitative estimate of drug-likeness (QED) is 0.671. The number of hydrogen-bond acceptors (Lipinski definition) is 4. The number of carboxylic acid groups (broad SMARTS) is 1. The molecule has 1 aromatic rings. The number of amides is 1. The third-order valence-electron chi connectivity index (χ3n) is 2.55. The van der Waals surface area contributed by atoms with Gasteiger partial charge in [-0.3, -0.25) is 4.79 Å².